The average molecular weight is 156 g/mol. The summed E-state index contributed by atoms with van der Waals surface area (Å²) in [6.45, 7) is 0. The SMILES string of the molecule is CNC(=O)[C@H](C(N)=O)C1CC1. The van der Waals surface area contributed by atoms with Gasteiger partial charge in [0.2, 0.25) is 11.8 Å². The van der Waals surface area contributed by atoms with Crippen LogP contribution in [0.15, 0.2) is 0 Å². The van der Waals surface area contributed by atoms with Gasteiger partial charge in [-0.05, 0) is 18.8 Å². The van der Waals surface area contributed by atoms with E-state index >= 15 is 0 Å². The van der Waals surface area contributed by atoms with Crippen molar-refractivity contribution in [2.45, 2.75) is 12.8 Å². The Bertz CT molecular complexity index is 187. The fourth-order valence-electron chi connectivity index (χ4n) is 1.16. The number of carbonyl (C=O) groups is 2. The van der Waals surface area contributed by atoms with Crippen molar-refractivity contribution in [1.29, 1.82) is 0 Å². The van der Waals surface area contributed by atoms with Crippen molar-refractivity contribution in [1.82, 2.24) is 5.32 Å². The van der Waals surface area contributed by atoms with Gasteiger partial charge in [-0.1, -0.05) is 0 Å². The summed E-state index contributed by atoms with van der Waals surface area (Å²) >= 11 is 0. The van der Waals surface area contributed by atoms with Gasteiger partial charge in [0.25, 0.3) is 0 Å². The Morgan fingerprint density at radius 2 is 2.09 bits per heavy atom. The first-order chi connectivity index (χ1) is 5.16. The highest BCUT2D eigenvalue weighted by atomic mass is 16.2. The number of nitrogens with two attached hydrogens (primary N) is 1. The van der Waals surface area contributed by atoms with Gasteiger partial charge in [-0.25, -0.2) is 0 Å². The molecule has 1 saturated carbocycles. The molecule has 0 saturated heterocycles. The molecule has 1 aliphatic rings. The van der Waals surface area contributed by atoms with Gasteiger partial charge in [0.1, 0.15) is 5.92 Å². The van der Waals surface area contributed by atoms with E-state index in [1.54, 1.807) is 0 Å². The molecule has 0 unspecified atom stereocenters. The van der Waals surface area contributed by atoms with Crippen LogP contribution in [-0.2, 0) is 9.59 Å². The highest BCUT2D eigenvalue weighted by Crippen LogP contribution is 2.36. The molecule has 0 aromatic carbocycles. The number of hydrogen-bond acceptors (Lipinski definition) is 2. The lowest BCUT2D eigenvalue weighted by Gasteiger charge is -2.08. The van der Waals surface area contributed by atoms with Gasteiger partial charge in [-0.15, -0.1) is 0 Å². The molecule has 0 radical (unpaired) electrons. The molecule has 1 atom stereocenters. The Morgan fingerprint density at radius 1 is 1.55 bits per heavy atom. The largest absolute Gasteiger partial charge is 0.369 e. The molecular formula is C7H12N2O2. The van der Waals surface area contributed by atoms with Gasteiger partial charge >= 0.3 is 0 Å². The minimum atomic E-state index is -0.597. The Kier molecular flexibility index (Phi) is 2.12. The minimum absolute atomic E-state index is 0.201. The second-order valence-corrected chi connectivity index (χ2v) is 2.83. The van der Waals surface area contributed by atoms with E-state index < -0.39 is 11.8 Å². The normalized spacial score (nSPS) is 19.0. The van der Waals surface area contributed by atoms with E-state index in [4.69, 9.17) is 5.73 Å². The molecule has 0 bridgehead atoms. The zero-order chi connectivity index (χ0) is 8.43. The Morgan fingerprint density at radius 3 is 2.36 bits per heavy atom. The fraction of sp³-hybridized carbons (Fsp3) is 0.714. The average Bonchev–Trinajstić information content (AvgIpc) is 2.71. The fourth-order valence-corrected chi connectivity index (χ4v) is 1.16. The first kappa shape index (κ1) is 8.04. The number of rotatable bonds is 3. The third-order valence-electron chi connectivity index (χ3n) is 1.93. The molecule has 1 rings (SSSR count). The van der Waals surface area contributed by atoms with Crippen LogP contribution in [0, 0.1) is 11.8 Å². The summed E-state index contributed by atoms with van der Waals surface area (Å²) in [7, 11) is 1.51. The lowest BCUT2D eigenvalue weighted by atomic mass is 10.0. The summed E-state index contributed by atoms with van der Waals surface area (Å²) in [5.74, 6) is -1.15. The van der Waals surface area contributed by atoms with Crippen LogP contribution in [0.3, 0.4) is 0 Å². The van der Waals surface area contributed by atoms with E-state index in [9.17, 15) is 9.59 Å². The van der Waals surface area contributed by atoms with Crippen LogP contribution in [0.25, 0.3) is 0 Å². The molecule has 1 fully saturated rings. The van der Waals surface area contributed by atoms with E-state index in [2.05, 4.69) is 5.32 Å². The smallest absolute Gasteiger partial charge is 0.232 e. The van der Waals surface area contributed by atoms with Gasteiger partial charge in [0, 0.05) is 7.05 Å². The van der Waals surface area contributed by atoms with Crippen molar-refractivity contribution in [3.63, 3.8) is 0 Å². The van der Waals surface area contributed by atoms with E-state index in [1.807, 2.05) is 0 Å². The summed E-state index contributed by atoms with van der Waals surface area (Å²) in [5, 5.41) is 2.43. The molecule has 0 aromatic rings. The number of carbonyl (C=O) groups excluding carboxylic acids is 2. The first-order valence-electron chi connectivity index (χ1n) is 3.67. The molecule has 0 aromatic heterocycles. The van der Waals surface area contributed by atoms with Gasteiger partial charge in [0.15, 0.2) is 0 Å². The number of hydrogen-bond donors (Lipinski definition) is 2. The van der Waals surface area contributed by atoms with Crippen molar-refractivity contribution in [3.8, 4) is 0 Å². The first-order valence-corrected chi connectivity index (χ1v) is 3.67. The summed E-state index contributed by atoms with van der Waals surface area (Å²) in [4.78, 5) is 21.8. The van der Waals surface area contributed by atoms with E-state index in [0.717, 1.165) is 12.8 Å². The quantitative estimate of drug-likeness (QED) is 0.527. The summed E-state index contributed by atoms with van der Waals surface area (Å²) in [6.07, 6.45) is 1.89. The van der Waals surface area contributed by atoms with Crippen LogP contribution in [0.1, 0.15) is 12.8 Å². The highest BCUT2D eigenvalue weighted by Gasteiger charge is 2.39. The molecule has 0 spiro atoms. The van der Waals surface area contributed by atoms with Gasteiger partial charge < -0.3 is 11.1 Å². The van der Waals surface area contributed by atoms with Crippen LogP contribution in [0.5, 0.6) is 0 Å². The third kappa shape index (κ3) is 1.69. The second kappa shape index (κ2) is 2.90. The predicted octanol–water partition coefficient (Wildman–Crippen LogP) is -0.756. The van der Waals surface area contributed by atoms with E-state index in [0.29, 0.717) is 0 Å². The highest BCUT2D eigenvalue weighted by molar-refractivity contribution is 6.00. The molecule has 4 nitrogen and oxygen atoms in total. The molecule has 11 heavy (non-hydrogen) atoms. The molecule has 0 heterocycles. The van der Waals surface area contributed by atoms with Crippen molar-refractivity contribution in [2.75, 3.05) is 7.05 Å². The van der Waals surface area contributed by atoms with E-state index in [1.165, 1.54) is 7.05 Å². The number of amides is 2. The van der Waals surface area contributed by atoms with Crippen molar-refractivity contribution in [3.05, 3.63) is 0 Å². The van der Waals surface area contributed by atoms with Gasteiger partial charge in [-0.2, -0.15) is 0 Å². The van der Waals surface area contributed by atoms with Crippen LogP contribution < -0.4 is 11.1 Å². The molecule has 3 N–H and O–H groups in total. The maximum absolute atomic E-state index is 11.0. The molecule has 62 valence electrons. The topological polar surface area (TPSA) is 72.2 Å². The summed E-state index contributed by atoms with van der Waals surface area (Å²) in [6, 6.07) is 0. The Hall–Kier alpha value is -1.06. The predicted molar refractivity (Wildman–Crippen MR) is 39.5 cm³/mol. The van der Waals surface area contributed by atoms with Gasteiger partial charge in [0.05, 0.1) is 0 Å². The van der Waals surface area contributed by atoms with Crippen molar-refractivity contribution < 1.29 is 9.59 Å². The molecule has 2 amide bonds. The molecule has 4 heteroatoms. The number of nitrogens with one attached hydrogen (secondary N) is 1. The maximum atomic E-state index is 11.0. The Balaban J connectivity index is 2.58. The van der Waals surface area contributed by atoms with Crippen LogP contribution in [-0.4, -0.2) is 18.9 Å². The molecular weight excluding hydrogens is 144 g/mol. The lowest BCUT2D eigenvalue weighted by molar-refractivity contribution is -0.134. The molecule has 1 aliphatic carbocycles. The second-order valence-electron chi connectivity index (χ2n) is 2.83. The maximum Gasteiger partial charge on any atom is 0.232 e. The lowest BCUT2D eigenvalue weighted by Crippen LogP contribution is -2.38. The summed E-state index contributed by atoms with van der Waals surface area (Å²) < 4.78 is 0. The van der Waals surface area contributed by atoms with Crippen LogP contribution >= 0.6 is 0 Å². The molecule has 0 aliphatic heterocycles. The standard InChI is InChI=1S/C7H12N2O2/c1-9-7(11)5(6(8)10)4-2-3-4/h4-5H,2-3H2,1H3,(H2,8,10)(H,9,11)/t5-/m0/s1. The van der Waals surface area contributed by atoms with Crippen molar-refractivity contribution >= 4 is 11.8 Å². The zero-order valence-corrected chi connectivity index (χ0v) is 6.46. The third-order valence-corrected chi connectivity index (χ3v) is 1.93. The summed E-state index contributed by atoms with van der Waals surface area (Å²) in [5.41, 5.74) is 5.05. The monoisotopic (exact) mass is 156 g/mol. The minimum Gasteiger partial charge on any atom is -0.369 e. The van der Waals surface area contributed by atoms with E-state index in [-0.39, 0.29) is 11.8 Å². The van der Waals surface area contributed by atoms with Crippen LogP contribution in [0.4, 0.5) is 0 Å². The Labute approximate surface area is 65.1 Å². The number of primary amides is 1. The van der Waals surface area contributed by atoms with Crippen molar-refractivity contribution in [2.24, 2.45) is 17.6 Å². The zero-order valence-electron chi connectivity index (χ0n) is 6.46. The van der Waals surface area contributed by atoms with Crippen LogP contribution in [0.2, 0.25) is 0 Å². The van der Waals surface area contributed by atoms with Gasteiger partial charge in [-0.3, -0.25) is 9.59 Å².